The van der Waals surface area contributed by atoms with Gasteiger partial charge in [-0.1, -0.05) is 24.3 Å². The number of nitrogen functional groups attached to an aromatic ring is 1. The zero-order chi connectivity index (χ0) is 28.3. The summed E-state index contributed by atoms with van der Waals surface area (Å²) in [6.07, 6.45) is 1.72. The van der Waals surface area contributed by atoms with Gasteiger partial charge in [-0.3, -0.25) is 19.3 Å². The van der Waals surface area contributed by atoms with Gasteiger partial charge in [0.2, 0.25) is 5.91 Å². The molecule has 39 heavy (non-hydrogen) atoms. The van der Waals surface area contributed by atoms with E-state index in [0.717, 1.165) is 41.2 Å². The maximum Gasteiger partial charge on any atom is 0.273 e. The number of carbonyl (C=O) groups is 3. The summed E-state index contributed by atoms with van der Waals surface area (Å²) in [5.41, 5.74) is 15.1. The zero-order valence-electron chi connectivity index (χ0n) is 22.6. The van der Waals surface area contributed by atoms with Crippen molar-refractivity contribution in [1.82, 2.24) is 9.69 Å². The van der Waals surface area contributed by atoms with E-state index < -0.39 is 17.9 Å². The number of hydrogen-bond acceptors (Lipinski definition) is 8. The van der Waals surface area contributed by atoms with Crippen LogP contribution in [0.25, 0.3) is 0 Å². The molecule has 3 amide bonds. The molecule has 1 aliphatic rings. The summed E-state index contributed by atoms with van der Waals surface area (Å²) in [6, 6.07) is 12.1. The maximum absolute atomic E-state index is 14.3. The van der Waals surface area contributed by atoms with Crippen LogP contribution in [0.3, 0.4) is 0 Å². The summed E-state index contributed by atoms with van der Waals surface area (Å²) in [4.78, 5) is 43.5. The number of hydrogen-bond donors (Lipinski definition) is 3. The molecule has 0 unspecified atom stereocenters. The molecule has 2 aromatic carbocycles. The lowest BCUT2D eigenvalue weighted by atomic mass is 10.00. The number of aromatic nitrogens is 1. The van der Waals surface area contributed by atoms with Crippen molar-refractivity contribution in [2.24, 2.45) is 5.73 Å². The van der Waals surface area contributed by atoms with Crippen LogP contribution in [0, 0.1) is 13.8 Å². The Kier molecular flexibility index (Phi) is 8.51. The second-order valence-electron chi connectivity index (χ2n) is 9.87. The fourth-order valence-corrected chi connectivity index (χ4v) is 5.31. The second-order valence-corrected chi connectivity index (χ2v) is 10.6. The highest BCUT2D eigenvalue weighted by atomic mass is 32.1. The summed E-state index contributed by atoms with van der Waals surface area (Å²) < 4.78 is 9.72. The number of nitrogens with two attached hydrogens (primary N) is 2. The highest BCUT2D eigenvalue weighted by molar-refractivity contribution is 7.09. The molecule has 3 aromatic rings. The number of amides is 3. The van der Waals surface area contributed by atoms with Gasteiger partial charge < -0.3 is 26.4 Å². The van der Waals surface area contributed by atoms with Gasteiger partial charge in [-0.2, -0.15) is 4.37 Å². The van der Waals surface area contributed by atoms with E-state index >= 15 is 0 Å². The van der Waals surface area contributed by atoms with E-state index in [1.54, 1.807) is 0 Å². The molecule has 5 N–H and O–H groups in total. The Morgan fingerprint density at radius 1 is 1.15 bits per heavy atom. The highest BCUT2D eigenvalue weighted by Crippen LogP contribution is 2.36. The molecule has 1 aliphatic heterocycles. The molecule has 0 aliphatic carbocycles. The van der Waals surface area contributed by atoms with Crippen molar-refractivity contribution in [2.45, 2.75) is 38.8 Å². The van der Waals surface area contributed by atoms with Crippen molar-refractivity contribution in [2.75, 3.05) is 42.8 Å². The molecule has 1 aromatic heterocycles. The van der Waals surface area contributed by atoms with Crippen LogP contribution in [0.2, 0.25) is 0 Å². The number of nitrogens with one attached hydrogen (secondary N) is 1. The van der Waals surface area contributed by atoms with E-state index in [0.29, 0.717) is 24.4 Å². The third-order valence-corrected chi connectivity index (χ3v) is 7.61. The standard InChI is InChI=1S/C28H34N6O4S/c1-16-7-8-17(2)21(14-16)34(28(37)25-22(29)23(26(30)35)32-39-25)24(18-9-11-19(12-10-18)33(3)4)27(36)31-15-20-6-5-13-38-20/h7-12,14,20,24H,5-6,13,15,29H2,1-4H3,(H2,30,35)(H,31,36)/t20-,24+/m0/s1. The first kappa shape index (κ1) is 28.1. The minimum Gasteiger partial charge on any atom is -0.395 e. The fraction of sp³-hybridized carbons (Fsp3) is 0.357. The third kappa shape index (κ3) is 6.04. The van der Waals surface area contributed by atoms with E-state index in [1.165, 1.54) is 4.90 Å². The molecular weight excluding hydrogens is 516 g/mol. The predicted octanol–water partition coefficient (Wildman–Crippen LogP) is 3.19. The van der Waals surface area contributed by atoms with Gasteiger partial charge in [0, 0.05) is 38.6 Å². The number of carbonyl (C=O) groups excluding carboxylic acids is 3. The number of anilines is 3. The lowest BCUT2D eigenvalue weighted by molar-refractivity contribution is -0.123. The van der Waals surface area contributed by atoms with E-state index in [2.05, 4.69) is 9.69 Å². The Balaban J connectivity index is 1.86. The Morgan fingerprint density at radius 3 is 2.46 bits per heavy atom. The predicted molar refractivity (Wildman–Crippen MR) is 153 cm³/mol. The first-order valence-electron chi connectivity index (χ1n) is 12.7. The summed E-state index contributed by atoms with van der Waals surface area (Å²) >= 11 is 0.785. The van der Waals surface area contributed by atoms with Crippen LogP contribution in [-0.2, 0) is 9.53 Å². The van der Waals surface area contributed by atoms with Crippen LogP contribution >= 0.6 is 11.5 Å². The third-order valence-electron chi connectivity index (χ3n) is 6.76. The quantitative estimate of drug-likeness (QED) is 0.371. The average molecular weight is 551 g/mol. The molecule has 2 heterocycles. The molecule has 1 fully saturated rings. The van der Waals surface area contributed by atoms with Gasteiger partial charge in [0.1, 0.15) is 10.9 Å². The lowest BCUT2D eigenvalue weighted by Gasteiger charge is -2.33. The minimum atomic E-state index is -1.05. The molecule has 0 spiro atoms. The summed E-state index contributed by atoms with van der Waals surface area (Å²) in [6.45, 7) is 4.77. The molecular formula is C28H34N6O4S. The van der Waals surface area contributed by atoms with Gasteiger partial charge in [0.05, 0.1) is 11.8 Å². The molecule has 0 bridgehead atoms. The normalized spacial score (nSPS) is 15.5. The smallest absolute Gasteiger partial charge is 0.273 e. The zero-order valence-corrected chi connectivity index (χ0v) is 23.4. The van der Waals surface area contributed by atoms with Crippen LogP contribution in [0.4, 0.5) is 17.1 Å². The number of primary amides is 1. The van der Waals surface area contributed by atoms with Gasteiger partial charge in [-0.05, 0) is 73.1 Å². The maximum atomic E-state index is 14.3. The minimum absolute atomic E-state index is 0.0338. The molecule has 11 heteroatoms. The van der Waals surface area contributed by atoms with Gasteiger partial charge >= 0.3 is 0 Å². The van der Waals surface area contributed by atoms with Crippen LogP contribution in [0.1, 0.15) is 55.7 Å². The largest absolute Gasteiger partial charge is 0.395 e. The second kappa shape index (κ2) is 11.8. The molecule has 1 saturated heterocycles. The first-order chi connectivity index (χ1) is 18.6. The first-order valence-corrected chi connectivity index (χ1v) is 13.5. The molecule has 0 saturated carbocycles. The van der Waals surface area contributed by atoms with Gasteiger partial charge in [0.15, 0.2) is 5.69 Å². The molecule has 206 valence electrons. The fourth-order valence-electron chi connectivity index (χ4n) is 4.57. The number of nitrogens with zero attached hydrogens (tertiary/aromatic N) is 3. The molecule has 2 atom stereocenters. The number of ether oxygens (including phenoxy) is 1. The average Bonchev–Trinajstić information content (AvgIpc) is 3.57. The topological polar surface area (TPSA) is 144 Å². The van der Waals surface area contributed by atoms with Crippen molar-refractivity contribution in [1.29, 1.82) is 0 Å². The van der Waals surface area contributed by atoms with Gasteiger partial charge in [0.25, 0.3) is 11.8 Å². The molecule has 0 radical (unpaired) electrons. The van der Waals surface area contributed by atoms with Gasteiger partial charge in [-0.25, -0.2) is 0 Å². The monoisotopic (exact) mass is 550 g/mol. The van der Waals surface area contributed by atoms with E-state index in [-0.39, 0.29) is 28.3 Å². The van der Waals surface area contributed by atoms with Crippen LogP contribution in [0.15, 0.2) is 42.5 Å². The Hall–Kier alpha value is -3.96. The highest BCUT2D eigenvalue weighted by Gasteiger charge is 2.37. The Labute approximate surface area is 232 Å². The van der Waals surface area contributed by atoms with Crippen molar-refractivity contribution in [3.63, 3.8) is 0 Å². The summed E-state index contributed by atoms with van der Waals surface area (Å²) in [7, 11) is 3.85. The summed E-state index contributed by atoms with van der Waals surface area (Å²) in [5.74, 6) is -1.75. The van der Waals surface area contributed by atoms with E-state index in [4.69, 9.17) is 16.2 Å². The number of aryl methyl sites for hydroxylation is 2. The van der Waals surface area contributed by atoms with Crippen LogP contribution in [-0.4, -0.2) is 55.4 Å². The van der Waals surface area contributed by atoms with Crippen molar-refractivity contribution in [3.05, 3.63) is 69.7 Å². The van der Waals surface area contributed by atoms with Gasteiger partial charge in [-0.15, -0.1) is 0 Å². The lowest BCUT2D eigenvalue weighted by Crippen LogP contribution is -2.46. The SMILES string of the molecule is Cc1ccc(C)c(N(C(=O)c2snc(C(N)=O)c2N)[C@@H](C(=O)NC[C@@H]2CCCO2)c2ccc(N(C)C)cc2)c1. The number of rotatable bonds is 9. The van der Waals surface area contributed by atoms with Crippen molar-refractivity contribution >= 4 is 46.3 Å². The van der Waals surface area contributed by atoms with Crippen LogP contribution in [0.5, 0.6) is 0 Å². The molecule has 10 nitrogen and oxygen atoms in total. The van der Waals surface area contributed by atoms with E-state index in [9.17, 15) is 14.4 Å². The Morgan fingerprint density at radius 2 is 1.87 bits per heavy atom. The summed E-state index contributed by atoms with van der Waals surface area (Å²) in [5, 5.41) is 3.00. The number of benzene rings is 2. The Bertz CT molecular complexity index is 1360. The van der Waals surface area contributed by atoms with Crippen LogP contribution < -0.4 is 26.6 Å². The van der Waals surface area contributed by atoms with Crippen molar-refractivity contribution in [3.8, 4) is 0 Å². The molecule has 4 rings (SSSR count). The van der Waals surface area contributed by atoms with Crippen molar-refractivity contribution < 1.29 is 19.1 Å². The van der Waals surface area contributed by atoms with E-state index in [1.807, 2.05) is 75.3 Å².